The topological polar surface area (TPSA) is 41.0 Å². The second-order valence-corrected chi connectivity index (χ2v) is 8.20. The number of anilines is 2. The standard InChI is InChI=1S/C23H26F4N4O.C2H6/c1-3-20-15(2)21(23(25,26)27)29-31(20)16-6-8-17(9-7-16)32-18-10-13-30(14-11-18)22-19(24)5-4-12-28-22;1-2/h4-9,12,15,18,20H,3,10-11,13-14H2,1-2H3;1-2H3/t15?,20-;/m0./s1. The molecule has 1 aromatic carbocycles. The summed E-state index contributed by atoms with van der Waals surface area (Å²) in [6.07, 6.45) is -0.879. The maximum atomic E-state index is 13.9. The zero-order chi connectivity index (χ0) is 24.9. The first-order valence-electron chi connectivity index (χ1n) is 11.8. The van der Waals surface area contributed by atoms with E-state index < -0.39 is 17.8 Å². The van der Waals surface area contributed by atoms with Crippen LogP contribution in [0, 0.1) is 11.7 Å². The number of hydrazone groups is 1. The Hall–Kier alpha value is -2.84. The minimum atomic E-state index is -4.43. The summed E-state index contributed by atoms with van der Waals surface area (Å²) in [4.78, 5) is 6.03. The first-order valence-corrected chi connectivity index (χ1v) is 11.8. The lowest BCUT2D eigenvalue weighted by atomic mass is 9.95. The summed E-state index contributed by atoms with van der Waals surface area (Å²) in [7, 11) is 0. The highest BCUT2D eigenvalue weighted by Gasteiger charge is 2.47. The van der Waals surface area contributed by atoms with Crippen molar-refractivity contribution in [1.82, 2.24) is 4.98 Å². The van der Waals surface area contributed by atoms with Crippen molar-refractivity contribution in [1.29, 1.82) is 0 Å². The van der Waals surface area contributed by atoms with Crippen LogP contribution in [0.15, 0.2) is 47.7 Å². The molecule has 3 heterocycles. The Morgan fingerprint density at radius 3 is 2.26 bits per heavy atom. The average molecular weight is 481 g/mol. The molecular formula is C25H32F4N4O. The highest BCUT2D eigenvalue weighted by atomic mass is 19.4. The van der Waals surface area contributed by atoms with Crippen LogP contribution in [0.3, 0.4) is 0 Å². The normalized spacial score (nSPS) is 21.1. The van der Waals surface area contributed by atoms with Gasteiger partial charge in [-0.2, -0.15) is 18.3 Å². The molecule has 0 N–H and O–H groups in total. The molecule has 0 amide bonds. The van der Waals surface area contributed by atoms with Crippen molar-refractivity contribution < 1.29 is 22.3 Å². The van der Waals surface area contributed by atoms with E-state index in [9.17, 15) is 17.6 Å². The molecule has 1 saturated heterocycles. The summed E-state index contributed by atoms with van der Waals surface area (Å²) in [6, 6.07) is 9.64. The Morgan fingerprint density at radius 2 is 1.71 bits per heavy atom. The van der Waals surface area contributed by atoms with Crippen molar-refractivity contribution >= 4 is 17.2 Å². The molecule has 0 aliphatic carbocycles. The molecule has 5 nitrogen and oxygen atoms in total. The number of hydrogen-bond donors (Lipinski definition) is 0. The van der Waals surface area contributed by atoms with Crippen molar-refractivity contribution in [3.63, 3.8) is 0 Å². The lowest BCUT2D eigenvalue weighted by molar-refractivity contribution is -0.0620. The van der Waals surface area contributed by atoms with Gasteiger partial charge in [-0.1, -0.05) is 27.7 Å². The third-order valence-electron chi connectivity index (χ3n) is 6.13. The number of rotatable bonds is 5. The third-order valence-corrected chi connectivity index (χ3v) is 6.13. The van der Waals surface area contributed by atoms with Gasteiger partial charge in [0, 0.05) is 38.0 Å². The summed E-state index contributed by atoms with van der Waals surface area (Å²) in [5, 5.41) is 5.36. The van der Waals surface area contributed by atoms with E-state index in [1.54, 1.807) is 43.5 Å². The molecule has 0 spiro atoms. The van der Waals surface area contributed by atoms with Gasteiger partial charge in [0.25, 0.3) is 0 Å². The summed E-state index contributed by atoms with van der Waals surface area (Å²) in [5.74, 6) is -0.0126. The number of pyridine rings is 1. The van der Waals surface area contributed by atoms with Crippen LogP contribution in [0.4, 0.5) is 29.1 Å². The molecule has 2 aliphatic rings. The summed E-state index contributed by atoms with van der Waals surface area (Å²) in [6.45, 7) is 8.70. The number of benzene rings is 1. The van der Waals surface area contributed by atoms with Crippen LogP contribution in [0.1, 0.15) is 47.0 Å². The Balaban J connectivity index is 0.00000158. The monoisotopic (exact) mass is 480 g/mol. The maximum Gasteiger partial charge on any atom is 0.431 e. The Bertz CT molecular complexity index is 956. The van der Waals surface area contributed by atoms with E-state index in [2.05, 4.69) is 10.1 Å². The van der Waals surface area contributed by atoms with Crippen LogP contribution < -0.4 is 14.6 Å². The fourth-order valence-electron chi connectivity index (χ4n) is 4.43. The van der Waals surface area contributed by atoms with Crippen LogP contribution >= 0.6 is 0 Å². The van der Waals surface area contributed by atoms with Crippen molar-refractivity contribution in [3.05, 3.63) is 48.4 Å². The van der Waals surface area contributed by atoms with Gasteiger partial charge in [-0.15, -0.1) is 0 Å². The molecule has 2 atom stereocenters. The van der Waals surface area contributed by atoms with Crippen molar-refractivity contribution in [2.24, 2.45) is 11.0 Å². The maximum absolute atomic E-state index is 13.9. The molecule has 0 radical (unpaired) electrons. The van der Waals surface area contributed by atoms with Crippen molar-refractivity contribution in [2.75, 3.05) is 23.0 Å². The fourth-order valence-corrected chi connectivity index (χ4v) is 4.43. The second kappa shape index (κ2) is 11.1. The smallest absolute Gasteiger partial charge is 0.431 e. The first-order chi connectivity index (χ1) is 16.3. The van der Waals surface area contributed by atoms with Gasteiger partial charge in [0.05, 0.1) is 11.7 Å². The zero-order valence-electron chi connectivity index (χ0n) is 20.0. The average Bonchev–Trinajstić information content (AvgIpc) is 3.18. The molecule has 0 saturated carbocycles. The minimum absolute atomic E-state index is 0.0195. The van der Waals surface area contributed by atoms with Crippen LogP contribution in [-0.4, -0.2) is 42.1 Å². The molecule has 1 fully saturated rings. The Kier molecular flexibility index (Phi) is 8.38. The molecule has 2 aliphatic heterocycles. The molecule has 2 aromatic rings. The second-order valence-electron chi connectivity index (χ2n) is 8.20. The van der Waals surface area contributed by atoms with E-state index in [0.717, 1.165) is 12.8 Å². The van der Waals surface area contributed by atoms with Crippen molar-refractivity contribution in [2.45, 2.75) is 65.3 Å². The van der Waals surface area contributed by atoms with Gasteiger partial charge in [0.15, 0.2) is 11.6 Å². The van der Waals surface area contributed by atoms with E-state index in [4.69, 9.17) is 4.74 Å². The fraction of sp³-hybridized carbons (Fsp3) is 0.520. The number of alkyl halides is 3. The molecule has 4 rings (SSSR count). The number of halogens is 4. The van der Waals surface area contributed by atoms with Gasteiger partial charge < -0.3 is 9.64 Å². The molecule has 0 bridgehead atoms. The molecular weight excluding hydrogens is 448 g/mol. The summed E-state index contributed by atoms with van der Waals surface area (Å²) < 4.78 is 59.9. The van der Waals surface area contributed by atoms with Crippen LogP contribution in [0.5, 0.6) is 5.75 Å². The summed E-state index contributed by atoms with van der Waals surface area (Å²) >= 11 is 0. The lowest BCUT2D eigenvalue weighted by Crippen LogP contribution is -2.39. The molecule has 1 aromatic heterocycles. The highest BCUT2D eigenvalue weighted by molar-refractivity contribution is 5.95. The van der Waals surface area contributed by atoms with Gasteiger partial charge in [0.2, 0.25) is 0 Å². The Labute approximate surface area is 198 Å². The van der Waals surface area contributed by atoms with E-state index in [1.165, 1.54) is 11.1 Å². The van der Waals surface area contributed by atoms with Gasteiger partial charge in [-0.25, -0.2) is 9.37 Å². The van der Waals surface area contributed by atoms with Gasteiger partial charge in [-0.3, -0.25) is 5.01 Å². The van der Waals surface area contributed by atoms with E-state index in [-0.39, 0.29) is 18.0 Å². The third kappa shape index (κ3) is 5.62. The van der Waals surface area contributed by atoms with E-state index >= 15 is 0 Å². The molecule has 1 unspecified atom stereocenters. The van der Waals surface area contributed by atoms with E-state index in [1.807, 2.05) is 25.7 Å². The summed E-state index contributed by atoms with van der Waals surface area (Å²) in [5.41, 5.74) is -0.128. The predicted octanol–water partition coefficient (Wildman–Crippen LogP) is 6.45. The number of ether oxygens (including phenoxy) is 1. The molecule has 186 valence electrons. The first kappa shape index (κ1) is 25.8. The van der Waals surface area contributed by atoms with Crippen molar-refractivity contribution in [3.8, 4) is 5.75 Å². The molecule has 9 heteroatoms. The SMILES string of the molecule is CC.CC[C@H]1C(C)C(C(F)(F)F)=NN1c1ccc(OC2CCN(c3ncccc3F)CC2)cc1. The van der Waals surface area contributed by atoms with Gasteiger partial charge in [-0.05, 0) is 42.8 Å². The van der Waals surface area contributed by atoms with Crippen LogP contribution in [0.25, 0.3) is 0 Å². The predicted molar refractivity (Wildman–Crippen MR) is 127 cm³/mol. The van der Waals surface area contributed by atoms with Gasteiger partial charge in [0.1, 0.15) is 17.6 Å². The number of aromatic nitrogens is 1. The Morgan fingerprint density at radius 1 is 1.06 bits per heavy atom. The lowest BCUT2D eigenvalue weighted by Gasteiger charge is -2.33. The van der Waals surface area contributed by atoms with Crippen LogP contribution in [-0.2, 0) is 0 Å². The number of hydrogen-bond acceptors (Lipinski definition) is 5. The number of nitrogens with zero attached hydrogens (tertiary/aromatic N) is 4. The zero-order valence-corrected chi connectivity index (χ0v) is 20.0. The largest absolute Gasteiger partial charge is 0.490 e. The highest BCUT2D eigenvalue weighted by Crippen LogP contribution is 2.36. The number of piperidine rings is 1. The minimum Gasteiger partial charge on any atom is -0.490 e. The van der Waals surface area contributed by atoms with Gasteiger partial charge >= 0.3 is 6.18 Å². The quantitative estimate of drug-likeness (QED) is 0.462. The van der Waals surface area contributed by atoms with E-state index in [0.29, 0.717) is 36.8 Å². The molecule has 34 heavy (non-hydrogen) atoms. The van der Waals surface area contributed by atoms with Crippen LogP contribution in [0.2, 0.25) is 0 Å².